The van der Waals surface area contributed by atoms with E-state index in [1.807, 2.05) is 43.3 Å². The molecule has 0 saturated heterocycles. The van der Waals surface area contributed by atoms with Crippen LogP contribution in [0, 0.1) is 0 Å². The van der Waals surface area contributed by atoms with Crippen LogP contribution in [-0.2, 0) is 4.79 Å². The van der Waals surface area contributed by atoms with E-state index < -0.39 is 11.9 Å². The number of fused-ring (bicyclic) bond motifs is 1. The molecule has 3 heteroatoms. The summed E-state index contributed by atoms with van der Waals surface area (Å²) >= 11 is 0. The molecule has 0 bridgehead atoms. The highest BCUT2D eigenvalue weighted by molar-refractivity contribution is 5.86. The zero-order chi connectivity index (χ0) is 13.1. The van der Waals surface area contributed by atoms with Crippen molar-refractivity contribution in [3.63, 3.8) is 0 Å². The highest BCUT2D eigenvalue weighted by atomic mass is 16.5. The average Bonchev–Trinajstić information content (AvgIpc) is 2.37. The molecular weight excluding hydrogens is 228 g/mol. The summed E-state index contributed by atoms with van der Waals surface area (Å²) < 4.78 is 5.44. The van der Waals surface area contributed by atoms with E-state index in [4.69, 9.17) is 9.84 Å². The normalized spacial score (nSPS) is 12.3. The second-order valence-corrected chi connectivity index (χ2v) is 4.26. The second kappa shape index (κ2) is 5.08. The maximum atomic E-state index is 11.0. The summed E-state index contributed by atoms with van der Waals surface area (Å²) in [6, 6.07) is 11.5. The lowest BCUT2D eigenvalue weighted by Gasteiger charge is -2.09. The van der Waals surface area contributed by atoms with Crippen LogP contribution in [0.5, 0.6) is 5.75 Å². The van der Waals surface area contributed by atoms with Crippen LogP contribution in [0.25, 0.3) is 10.8 Å². The Morgan fingerprint density at radius 1 is 1.22 bits per heavy atom. The maximum absolute atomic E-state index is 11.0. The van der Waals surface area contributed by atoms with Gasteiger partial charge in [-0.25, -0.2) is 0 Å². The lowest BCUT2D eigenvalue weighted by molar-refractivity contribution is -0.138. The Kier molecular flexibility index (Phi) is 3.51. The van der Waals surface area contributed by atoms with Gasteiger partial charge in [-0.2, -0.15) is 0 Å². The summed E-state index contributed by atoms with van der Waals surface area (Å²) in [6.07, 6.45) is 0. The van der Waals surface area contributed by atoms with Crippen LogP contribution in [-0.4, -0.2) is 17.7 Å². The molecule has 1 N–H and O–H groups in total. The standard InChI is InChI=1S/C15H16O3/c1-3-18-14-7-6-12-8-11(10(2)15(16)17)4-5-13(12)9-14/h4-10H,3H2,1-2H3,(H,16,17)/t10-/m1/s1. The largest absolute Gasteiger partial charge is 0.494 e. The molecule has 3 nitrogen and oxygen atoms in total. The van der Waals surface area contributed by atoms with E-state index in [1.165, 1.54) is 0 Å². The predicted molar refractivity (Wildman–Crippen MR) is 71.2 cm³/mol. The molecule has 94 valence electrons. The highest BCUT2D eigenvalue weighted by Gasteiger charge is 2.13. The molecule has 2 aromatic rings. The lowest BCUT2D eigenvalue weighted by Crippen LogP contribution is -2.07. The molecule has 1 atom stereocenters. The van der Waals surface area contributed by atoms with Gasteiger partial charge in [-0.15, -0.1) is 0 Å². The molecule has 18 heavy (non-hydrogen) atoms. The first-order chi connectivity index (χ1) is 8.61. The second-order valence-electron chi connectivity index (χ2n) is 4.26. The molecule has 0 aliphatic carbocycles. The van der Waals surface area contributed by atoms with Crippen LogP contribution in [0.2, 0.25) is 0 Å². The molecule has 0 saturated carbocycles. The van der Waals surface area contributed by atoms with Gasteiger partial charge < -0.3 is 9.84 Å². The van der Waals surface area contributed by atoms with Crippen molar-refractivity contribution < 1.29 is 14.6 Å². The summed E-state index contributed by atoms with van der Waals surface area (Å²) in [7, 11) is 0. The van der Waals surface area contributed by atoms with Crippen molar-refractivity contribution in [2.75, 3.05) is 6.61 Å². The monoisotopic (exact) mass is 244 g/mol. The van der Waals surface area contributed by atoms with Crippen molar-refractivity contribution in [2.24, 2.45) is 0 Å². The first-order valence-electron chi connectivity index (χ1n) is 6.01. The van der Waals surface area contributed by atoms with E-state index in [1.54, 1.807) is 6.92 Å². The molecule has 0 radical (unpaired) electrons. The zero-order valence-electron chi connectivity index (χ0n) is 10.5. The van der Waals surface area contributed by atoms with E-state index in [-0.39, 0.29) is 0 Å². The fourth-order valence-corrected chi connectivity index (χ4v) is 1.91. The topological polar surface area (TPSA) is 46.5 Å². The number of hydrogen-bond donors (Lipinski definition) is 1. The van der Waals surface area contributed by atoms with Gasteiger partial charge in [0.1, 0.15) is 5.75 Å². The molecule has 0 spiro atoms. The van der Waals surface area contributed by atoms with E-state index >= 15 is 0 Å². The first kappa shape index (κ1) is 12.4. The van der Waals surface area contributed by atoms with Crippen molar-refractivity contribution in [1.82, 2.24) is 0 Å². The molecule has 0 heterocycles. The zero-order valence-corrected chi connectivity index (χ0v) is 10.5. The maximum Gasteiger partial charge on any atom is 0.310 e. The van der Waals surface area contributed by atoms with E-state index in [0.717, 1.165) is 22.1 Å². The minimum absolute atomic E-state index is 0.485. The summed E-state index contributed by atoms with van der Waals surface area (Å²) in [5.74, 6) is -0.453. The van der Waals surface area contributed by atoms with Gasteiger partial charge in [0.15, 0.2) is 0 Å². The van der Waals surface area contributed by atoms with Crippen molar-refractivity contribution in [3.05, 3.63) is 42.0 Å². The molecule has 0 unspecified atom stereocenters. The van der Waals surface area contributed by atoms with Crippen LogP contribution < -0.4 is 4.74 Å². The summed E-state index contributed by atoms with van der Waals surface area (Å²) in [4.78, 5) is 11.0. The highest BCUT2D eigenvalue weighted by Crippen LogP contribution is 2.25. The van der Waals surface area contributed by atoms with Crippen LogP contribution in [0.3, 0.4) is 0 Å². The van der Waals surface area contributed by atoms with Crippen LogP contribution in [0.15, 0.2) is 36.4 Å². The molecule has 2 rings (SSSR count). The Labute approximate surface area is 106 Å². The lowest BCUT2D eigenvalue weighted by atomic mass is 9.98. The smallest absolute Gasteiger partial charge is 0.310 e. The van der Waals surface area contributed by atoms with Gasteiger partial charge in [-0.05, 0) is 42.3 Å². The van der Waals surface area contributed by atoms with Gasteiger partial charge >= 0.3 is 5.97 Å². The molecular formula is C15H16O3. The quantitative estimate of drug-likeness (QED) is 0.896. The summed E-state index contributed by atoms with van der Waals surface area (Å²) in [5.41, 5.74) is 0.819. The van der Waals surface area contributed by atoms with E-state index in [0.29, 0.717) is 6.61 Å². The van der Waals surface area contributed by atoms with Crippen molar-refractivity contribution in [2.45, 2.75) is 19.8 Å². The predicted octanol–water partition coefficient (Wildman–Crippen LogP) is 3.43. The summed E-state index contributed by atoms with van der Waals surface area (Å²) in [6.45, 7) is 4.28. The Balaban J connectivity index is 2.41. The van der Waals surface area contributed by atoms with Crippen LogP contribution in [0.4, 0.5) is 0 Å². The number of hydrogen-bond acceptors (Lipinski definition) is 2. The van der Waals surface area contributed by atoms with Crippen molar-refractivity contribution >= 4 is 16.7 Å². The number of carboxylic acids is 1. The van der Waals surface area contributed by atoms with Gasteiger partial charge in [0.25, 0.3) is 0 Å². The van der Waals surface area contributed by atoms with Crippen molar-refractivity contribution in [3.8, 4) is 5.75 Å². The molecule has 0 aliphatic heterocycles. The van der Waals surface area contributed by atoms with E-state index in [2.05, 4.69) is 0 Å². The minimum Gasteiger partial charge on any atom is -0.494 e. The van der Waals surface area contributed by atoms with Crippen molar-refractivity contribution in [1.29, 1.82) is 0 Å². The number of ether oxygens (including phenoxy) is 1. The molecule has 0 fully saturated rings. The number of aliphatic carboxylic acids is 1. The Bertz CT molecular complexity index is 575. The number of carboxylic acid groups (broad SMARTS) is 1. The summed E-state index contributed by atoms with van der Waals surface area (Å²) in [5, 5.41) is 11.1. The SMILES string of the molecule is CCOc1ccc2cc([C@@H](C)C(=O)O)ccc2c1. The minimum atomic E-state index is -0.805. The number of carbonyl (C=O) groups is 1. The average molecular weight is 244 g/mol. The first-order valence-corrected chi connectivity index (χ1v) is 6.01. The van der Waals surface area contributed by atoms with Gasteiger partial charge in [-0.1, -0.05) is 24.3 Å². The molecule has 0 aromatic heterocycles. The number of rotatable bonds is 4. The molecule has 2 aromatic carbocycles. The van der Waals surface area contributed by atoms with Crippen LogP contribution >= 0.6 is 0 Å². The Hall–Kier alpha value is -2.03. The fourth-order valence-electron chi connectivity index (χ4n) is 1.91. The fraction of sp³-hybridized carbons (Fsp3) is 0.267. The van der Waals surface area contributed by atoms with Gasteiger partial charge in [0, 0.05) is 0 Å². The third kappa shape index (κ3) is 2.45. The molecule has 0 aliphatic rings. The number of benzene rings is 2. The van der Waals surface area contributed by atoms with Gasteiger partial charge in [0.05, 0.1) is 12.5 Å². The third-order valence-corrected chi connectivity index (χ3v) is 3.02. The van der Waals surface area contributed by atoms with E-state index in [9.17, 15) is 4.79 Å². The molecule has 0 amide bonds. The Morgan fingerprint density at radius 2 is 1.89 bits per heavy atom. The Morgan fingerprint density at radius 3 is 2.56 bits per heavy atom. The van der Waals surface area contributed by atoms with Gasteiger partial charge in [-0.3, -0.25) is 4.79 Å². The third-order valence-electron chi connectivity index (χ3n) is 3.02. The van der Waals surface area contributed by atoms with Crippen LogP contribution in [0.1, 0.15) is 25.3 Å². The van der Waals surface area contributed by atoms with Gasteiger partial charge in [0.2, 0.25) is 0 Å².